The largest absolute Gasteiger partial charge is 0.480 e. The summed E-state index contributed by atoms with van der Waals surface area (Å²) in [4.78, 5) is 25.1. The Balaban J connectivity index is 1.96. The molecule has 1 aliphatic rings. The minimum absolute atomic E-state index is 0.195. The van der Waals surface area contributed by atoms with Gasteiger partial charge < -0.3 is 10.0 Å². The predicted molar refractivity (Wildman–Crippen MR) is 71.4 cm³/mol. The lowest BCUT2D eigenvalue weighted by molar-refractivity contribution is -0.142. The molecule has 1 N–H and O–H groups in total. The Hall–Kier alpha value is -2.28. The van der Waals surface area contributed by atoms with Gasteiger partial charge in [0.1, 0.15) is 6.04 Å². The number of rotatable bonds is 2. The zero-order valence-electron chi connectivity index (χ0n) is 10.4. The molecule has 1 aliphatic heterocycles. The number of carbonyl (C=O) groups is 2. The Morgan fingerprint density at radius 1 is 1.30 bits per heavy atom. The highest BCUT2D eigenvalue weighted by atomic mass is 32.1. The molecule has 0 radical (unpaired) electrons. The number of nitrogens with zero attached hydrogens (tertiary/aromatic N) is 3. The monoisotopic (exact) mass is 289 g/mol. The summed E-state index contributed by atoms with van der Waals surface area (Å²) in [5.74, 6) is -1.39. The Bertz CT molecular complexity index is 657. The molecule has 0 saturated heterocycles. The Morgan fingerprint density at radius 2 is 2.05 bits per heavy atom. The van der Waals surface area contributed by atoms with Crippen molar-refractivity contribution in [3.8, 4) is 0 Å². The number of carboxylic acid groups (broad SMARTS) is 1. The van der Waals surface area contributed by atoms with Crippen molar-refractivity contribution in [2.45, 2.75) is 19.0 Å². The van der Waals surface area contributed by atoms with Crippen LogP contribution in [-0.2, 0) is 17.8 Å². The van der Waals surface area contributed by atoms with Gasteiger partial charge in [-0.05, 0) is 22.7 Å². The maximum atomic E-state index is 12.4. The predicted octanol–water partition coefficient (Wildman–Crippen LogP) is 1.19. The first-order chi connectivity index (χ1) is 9.66. The van der Waals surface area contributed by atoms with Gasteiger partial charge in [-0.15, -0.1) is 5.10 Å². The number of carbonyl (C=O) groups excluding carboxylic acids is 1. The van der Waals surface area contributed by atoms with Gasteiger partial charge in [-0.1, -0.05) is 28.8 Å². The minimum Gasteiger partial charge on any atom is -0.480 e. The second-order valence-electron chi connectivity index (χ2n) is 4.55. The zero-order chi connectivity index (χ0) is 14.1. The molecule has 0 spiro atoms. The van der Waals surface area contributed by atoms with Gasteiger partial charge in [0.15, 0.2) is 5.69 Å². The van der Waals surface area contributed by atoms with Crippen LogP contribution in [0.5, 0.6) is 0 Å². The smallest absolute Gasteiger partial charge is 0.326 e. The number of aliphatic carboxylic acids is 1. The molecule has 3 rings (SSSR count). The van der Waals surface area contributed by atoms with Crippen molar-refractivity contribution in [2.75, 3.05) is 0 Å². The fraction of sp³-hybridized carbons (Fsp3) is 0.231. The van der Waals surface area contributed by atoms with Crippen LogP contribution in [0.3, 0.4) is 0 Å². The average Bonchev–Trinajstić information content (AvgIpc) is 2.99. The lowest BCUT2D eigenvalue weighted by atomic mass is 9.94. The van der Waals surface area contributed by atoms with E-state index in [-0.39, 0.29) is 18.1 Å². The third kappa shape index (κ3) is 2.16. The van der Waals surface area contributed by atoms with Crippen molar-refractivity contribution in [2.24, 2.45) is 0 Å². The Labute approximate surface area is 118 Å². The molecule has 1 aromatic heterocycles. The number of benzene rings is 1. The van der Waals surface area contributed by atoms with Crippen molar-refractivity contribution >= 4 is 23.4 Å². The molecule has 2 heterocycles. The van der Waals surface area contributed by atoms with Crippen LogP contribution in [0.15, 0.2) is 29.6 Å². The average molecular weight is 289 g/mol. The van der Waals surface area contributed by atoms with E-state index >= 15 is 0 Å². The van der Waals surface area contributed by atoms with E-state index in [1.165, 1.54) is 10.3 Å². The molecule has 2 aromatic rings. The summed E-state index contributed by atoms with van der Waals surface area (Å²) in [5.41, 5.74) is 2.14. The van der Waals surface area contributed by atoms with E-state index in [9.17, 15) is 14.7 Å². The molecular formula is C13H11N3O3S. The molecular weight excluding hydrogens is 278 g/mol. The van der Waals surface area contributed by atoms with Crippen LogP contribution in [0.4, 0.5) is 0 Å². The van der Waals surface area contributed by atoms with E-state index in [1.807, 2.05) is 24.3 Å². The molecule has 0 aliphatic carbocycles. The van der Waals surface area contributed by atoms with Crippen LogP contribution >= 0.6 is 11.5 Å². The second kappa shape index (κ2) is 5.01. The normalized spacial score (nSPS) is 17.6. The number of fused-ring (bicyclic) bond motifs is 1. The van der Waals surface area contributed by atoms with Gasteiger partial charge in [0.25, 0.3) is 5.91 Å². The summed E-state index contributed by atoms with van der Waals surface area (Å²) in [5, 5.41) is 14.6. The van der Waals surface area contributed by atoms with E-state index in [2.05, 4.69) is 9.59 Å². The molecule has 7 heteroatoms. The quantitative estimate of drug-likeness (QED) is 0.898. The van der Waals surface area contributed by atoms with Crippen molar-refractivity contribution in [3.05, 3.63) is 46.5 Å². The van der Waals surface area contributed by atoms with Gasteiger partial charge in [-0.2, -0.15) is 0 Å². The van der Waals surface area contributed by atoms with Crippen LogP contribution in [0.1, 0.15) is 21.6 Å². The van der Waals surface area contributed by atoms with E-state index in [1.54, 1.807) is 0 Å². The molecule has 0 bridgehead atoms. The van der Waals surface area contributed by atoms with Crippen molar-refractivity contribution in [3.63, 3.8) is 0 Å². The van der Waals surface area contributed by atoms with Crippen LogP contribution in [0.2, 0.25) is 0 Å². The van der Waals surface area contributed by atoms with Gasteiger partial charge in [0, 0.05) is 18.3 Å². The fourth-order valence-electron chi connectivity index (χ4n) is 2.36. The number of hydrogen-bond donors (Lipinski definition) is 1. The highest BCUT2D eigenvalue weighted by Crippen LogP contribution is 2.24. The summed E-state index contributed by atoms with van der Waals surface area (Å²) in [6, 6.07) is 6.70. The second-order valence-corrected chi connectivity index (χ2v) is 5.16. The molecule has 20 heavy (non-hydrogen) atoms. The molecule has 1 amide bonds. The lowest BCUT2D eigenvalue weighted by Gasteiger charge is -2.33. The first kappa shape index (κ1) is 12.7. The Morgan fingerprint density at radius 3 is 2.70 bits per heavy atom. The first-order valence-electron chi connectivity index (χ1n) is 6.04. The molecule has 1 unspecified atom stereocenters. The van der Waals surface area contributed by atoms with Gasteiger partial charge in [-0.3, -0.25) is 4.79 Å². The number of carboxylic acids is 1. The maximum absolute atomic E-state index is 12.4. The van der Waals surface area contributed by atoms with Gasteiger partial charge in [0.2, 0.25) is 0 Å². The van der Waals surface area contributed by atoms with E-state index in [0.717, 1.165) is 22.7 Å². The van der Waals surface area contributed by atoms with Crippen LogP contribution in [0, 0.1) is 0 Å². The lowest BCUT2D eigenvalue weighted by Crippen LogP contribution is -2.48. The SMILES string of the molecule is O=C(O)C1Cc2ccccc2CN1C(=O)c1csnn1. The molecule has 0 saturated carbocycles. The van der Waals surface area contributed by atoms with Gasteiger partial charge in [-0.25, -0.2) is 4.79 Å². The van der Waals surface area contributed by atoms with Crippen LogP contribution in [0.25, 0.3) is 0 Å². The highest BCUT2D eigenvalue weighted by Gasteiger charge is 2.35. The molecule has 1 atom stereocenters. The first-order valence-corrected chi connectivity index (χ1v) is 6.88. The third-order valence-electron chi connectivity index (χ3n) is 3.37. The number of aromatic nitrogens is 2. The van der Waals surface area contributed by atoms with Gasteiger partial charge >= 0.3 is 5.97 Å². The standard InChI is InChI=1S/C13H11N3O3S/c17-12(10-7-20-15-14-10)16-6-9-4-2-1-3-8(9)5-11(16)13(18)19/h1-4,7,11H,5-6H2,(H,18,19). The van der Waals surface area contributed by atoms with Crippen LogP contribution < -0.4 is 0 Å². The number of hydrogen-bond acceptors (Lipinski definition) is 5. The summed E-state index contributed by atoms with van der Waals surface area (Å²) >= 11 is 1.07. The van der Waals surface area contributed by atoms with Gasteiger partial charge in [0.05, 0.1) is 0 Å². The van der Waals surface area contributed by atoms with Crippen molar-refractivity contribution in [1.82, 2.24) is 14.5 Å². The van der Waals surface area contributed by atoms with Crippen molar-refractivity contribution < 1.29 is 14.7 Å². The zero-order valence-corrected chi connectivity index (χ0v) is 11.2. The molecule has 102 valence electrons. The Kier molecular flexibility index (Phi) is 3.19. The summed E-state index contributed by atoms with van der Waals surface area (Å²) in [6.45, 7) is 0.281. The van der Waals surface area contributed by atoms with Crippen molar-refractivity contribution in [1.29, 1.82) is 0 Å². The summed E-state index contributed by atoms with van der Waals surface area (Å²) in [6.07, 6.45) is 0.314. The van der Waals surface area contributed by atoms with E-state index in [0.29, 0.717) is 6.42 Å². The topological polar surface area (TPSA) is 83.4 Å². The van der Waals surface area contributed by atoms with E-state index < -0.39 is 12.0 Å². The van der Waals surface area contributed by atoms with E-state index in [4.69, 9.17) is 0 Å². The minimum atomic E-state index is -1.00. The van der Waals surface area contributed by atoms with Crippen LogP contribution in [-0.4, -0.2) is 37.5 Å². The molecule has 1 aromatic carbocycles. The molecule has 6 nitrogen and oxygen atoms in total. The highest BCUT2D eigenvalue weighted by molar-refractivity contribution is 7.03. The number of amides is 1. The fourth-order valence-corrected chi connectivity index (χ4v) is 2.79. The summed E-state index contributed by atoms with van der Waals surface area (Å²) < 4.78 is 3.65. The molecule has 0 fully saturated rings. The third-order valence-corrected chi connectivity index (χ3v) is 3.88. The summed E-state index contributed by atoms with van der Waals surface area (Å²) in [7, 11) is 0. The maximum Gasteiger partial charge on any atom is 0.326 e.